The van der Waals surface area contributed by atoms with Gasteiger partial charge in [-0.3, -0.25) is 4.98 Å². The molecule has 0 aliphatic carbocycles. The first-order chi connectivity index (χ1) is 9.93. The second-order valence-corrected chi connectivity index (χ2v) is 5.94. The summed E-state index contributed by atoms with van der Waals surface area (Å²) in [5.74, 6) is 0.504. The third-order valence-electron chi connectivity index (χ3n) is 3.52. The lowest BCUT2D eigenvalue weighted by Crippen LogP contribution is -2.17. The molecule has 0 spiro atoms. The first-order valence-electron chi connectivity index (χ1n) is 6.63. The van der Waals surface area contributed by atoms with Crippen LogP contribution < -0.4 is 10.5 Å². The molecule has 1 aromatic heterocycles. The zero-order valence-electron chi connectivity index (χ0n) is 12.3. The number of benzene rings is 1. The highest BCUT2D eigenvalue weighted by Crippen LogP contribution is 2.28. The van der Waals surface area contributed by atoms with E-state index in [9.17, 15) is 4.39 Å². The van der Waals surface area contributed by atoms with Crippen molar-refractivity contribution in [1.29, 1.82) is 0 Å². The summed E-state index contributed by atoms with van der Waals surface area (Å²) in [6.07, 6.45) is 2.21. The van der Waals surface area contributed by atoms with Gasteiger partial charge in [-0.15, -0.1) is 0 Å². The Morgan fingerprint density at radius 2 is 2.10 bits per heavy atom. The lowest BCUT2D eigenvalue weighted by molar-refractivity contribution is 0.406. The summed E-state index contributed by atoms with van der Waals surface area (Å²) in [6, 6.07) is 4.32. The van der Waals surface area contributed by atoms with Gasteiger partial charge in [-0.1, -0.05) is 15.9 Å². The van der Waals surface area contributed by atoms with Gasteiger partial charge in [-0.2, -0.15) is 0 Å². The van der Waals surface area contributed by atoms with Gasteiger partial charge in [0, 0.05) is 45.5 Å². The van der Waals surface area contributed by atoms with Gasteiger partial charge in [0.2, 0.25) is 0 Å². The second kappa shape index (κ2) is 6.54. The number of ether oxygens (including phenoxy) is 1. The predicted molar refractivity (Wildman–Crippen MR) is 85.0 cm³/mol. The third-order valence-corrected chi connectivity index (χ3v) is 4.01. The van der Waals surface area contributed by atoms with Crippen molar-refractivity contribution >= 4 is 15.9 Å². The molecular formula is C16H18BrFN2O. The molecule has 1 aromatic carbocycles. The van der Waals surface area contributed by atoms with Crippen molar-refractivity contribution < 1.29 is 9.13 Å². The summed E-state index contributed by atoms with van der Waals surface area (Å²) in [4.78, 5) is 4.41. The fourth-order valence-electron chi connectivity index (χ4n) is 2.39. The first-order valence-corrected chi connectivity index (χ1v) is 7.43. The average Bonchev–Trinajstić information content (AvgIpc) is 2.45. The Hall–Kier alpha value is -1.46. The van der Waals surface area contributed by atoms with Crippen LogP contribution in [-0.2, 0) is 6.42 Å². The van der Waals surface area contributed by atoms with Crippen LogP contribution in [0.15, 0.2) is 28.9 Å². The summed E-state index contributed by atoms with van der Waals surface area (Å²) in [5.41, 5.74) is 9.37. The van der Waals surface area contributed by atoms with E-state index < -0.39 is 6.04 Å². The van der Waals surface area contributed by atoms with Crippen LogP contribution in [0.3, 0.4) is 0 Å². The van der Waals surface area contributed by atoms with Gasteiger partial charge in [0.1, 0.15) is 11.6 Å². The second-order valence-electron chi connectivity index (χ2n) is 5.02. The minimum atomic E-state index is -0.457. The molecule has 1 unspecified atom stereocenters. The maximum atomic E-state index is 13.9. The molecule has 0 radical (unpaired) electrons. The Morgan fingerprint density at radius 3 is 2.76 bits per heavy atom. The van der Waals surface area contributed by atoms with Crippen LogP contribution in [0.25, 0.3) is 0 Å². The first kappa shape index (κ1) is 15.9. The molecule has 0 aliphatic rings. The fraction of sp³-hybridized carbons (Fsp3) is 0.312. The molecule has 0 amide bonds. The molecule has 0 bridgehead atoms. The number of methoxy groups -OCH3 is 1. The van der Waals surface area contributed by atoms with E-state index in [1.807, 2.05) is 13.8 Å². The van der Waals surface area contributed by atoms with Crippen LogP contribution in [0.2, 0.25) is 0 Å². The maximum Gasteiger partial charge on any atom is 0.128 e. The fourth-order valence-corrected chi connectivity index (χ4v) is 2.77. The molecule has 21 heavy (non-hydrogen) atoms. The molecular weight excluding hydrogens is 335 g/mol. The Labute approximate surface area is 132 Å². The molecule has 3 nitrogen and oxygen atoms in total. The van der Waals surface area contributed by atoms with Crippen molar-refractivity contribution in [3.63, 3.8) is 0 Å². The van der Waals surface area contributed by atoms with Gasteiger partial charge in [0.25, 0.3) is 0 Å². The van der Waals surface area contributed by atoms with Gasteiger partial charge in [0.05, 0.1) is 7.11 Å². The van der Waals surface area contributed by atoms with Crippen LogP contribution in [0.4, 0.5) is 4.39 Å². The highest BCUT2D eigenvalue weighted by atomic mass is 79.9. The van der Waals surface area contributed by atoms with Gasteiger partial charge < -0.3 is 10.5 Å². The summed E-state index contributed by atoms with van der Waals surface area (Å²) in [6.45, 7) is 3.88. The number of nitrogens with two attached hydrogens (primary N) is 1. The zero-order valence-corrected chi connectivity index (χ0v) is 13.9. The number of aromatic nitrogens is 1. The van der Waals surface area contributed by atoms with Crippen LogP contribution in [0.5, 0.6) is 5.75 Å². The Bertz CT molecular complexity index is 661. The molecule has 2 N–H and O–H groups in total. The molecule has 0 saturated heterocycles. The molecule has 112 valence electrons. The molecule has 2 rings (SSSR count). The molecule has 0 aliphatic heterocycles. The van der Waals surface area contributed by atoms with Crippen LogP contribution in [0, 0.1) is 19.7 Å². The van der Waals surface area contributed by atoms with Crippen molar-refractivity contribution in [3.05, 3.63) is 57.1 Å². The van der Waals surface area contributed by atoms with Crippen molar-refractivity contribution in [2.75, 3.05) is 7.11 Å². The van der Waals surface area contributed by atoms with Crippen molar-refractivity contribution in [3.8, 4) is 5.75 Å². The number of nitrogens with zero attached hydrogens (tertiary/aromatic N) is 1. The van der Waals surface area contributed by atoms with Gasteiger partial charge in [-0.25, -0.2) is 4.39 Å². The van der Waals surface area contributed by atoms with E-state index in [-0.39, 0.29) is 5.82 Å². The number of halogens is 2. The Kier molecular flexibility index (Phi) is 4.96. The van der Waals surface area contributed by atoms with Gasteiger partial charge in [0.15, 0.2) is 0 Å². The largest absolute Gasteiger partial charge is 0.496 e. The quantitative estimate of drug-likeness (QED) is 0.908. The minimum Gasteiger partial charge on any atom is -0.496 e. The summed E-state index contributed by atoms with van der Waals surface area (Å²) < 4.78 is 20.1. The molecule has 5 heteroatoms. The van der Waals surface area contributed by atoms with Crippen LogP contribution in [0.1, 0.15) is 28.4 Å². The molecule has 1 atom stereocenters. The van der Waals surface area contributed by atoms with E-state index in [0.29, 0.717) is 12.0 Å². The standard InChI is InChI=1S/C16H18BrFN2O/c1-9-8-20-15(10(2)16(9)21-3)7-14(19)12-6-11(17)4-5-13(12)18/h4-6,8,14H,7,19H2,1-3H3. The smallest absolute Gasteiger partial charge is 0.128 e. The lowest BCUT2D eigenvalue weighted by atomic mass is 9.99. The third kappa shape index (κ3) is 3.41. The van der Waals surface area contributed by atoms with Crippen molar-refractivity contribution in [1.82, 2.24) is 4.98 Å². The highest BCUT2D eigenvalue weighted by molar-refractivity contribution is 9.10. The Balaban J connectivity index is 2.32. The topological polar surface area (TPSA) is 48.1 Å². The Morgan fingerprint density at radius 1 is 1.38 bits per heavy atom. The normalized spacial score (nSPS) is 12.3. The van der Waals surface area contributed by atoms with E-state index in [0.717, 1.165) is 27.0 Å². The molecule has 1 heterocycles. The van der Waals surface area contributed by atoms with Crippen molar-refractivity contribution in [2.24, 2.45) is 5.73 Å². The van der Waals surface area contributed by atoms with E-state index in [2.05, 4.69) is 20.9 Å². The molecule has 0 fully saturated rings. The number of pyridine rings is 1. The van der Waals surface area contributed by atoms with E-state index in [4.69, 9.17) is 10.5 Å². The van der Waals surface area contributed by atoms with Crippen LogP contribution >= 0.6 is 15.9 Å². The summed E-state index contributed by atoms with van der Waals surface area (Å²) in [5, 5.41) is 0. The SMILES string of the molecule is COc1c(C)cnc(CC(N)c2cc(Br)ccc2F)c1C. The van der Waals surface area contributed by atoms with E-state index >= 15 is 0 Å². The summed E-state index contributed by atoms with van der Waals surface area (Å²) >= 11 is 3.34. The summed E-state index contributed by atoms with van der Waals surface area (Å²) in [7, 11) is 1.63. The van der Waals surface area contributed by atoms with E-state index in [1.165, 1.54) is 6.07 Å². The number of rotatable bonds is 4. The number of aryl methyl sites for hydroxylation is 1. The zero-order chi connectivity index (χ0) is 15.6. The average molecular weight is 353 g/mol. The van der Waals surface area contributed by atoms with Gasteiger partial charge in [-0.05, 0) is 32.0 Å². The van der Waals surface area contributed by atoms with Crippen molar-refractivity contribution in [2.45, 2.75) is 26.3 Å². The van der Waals surface area contributed by atoms with E-state index in [1.54, 1.807) is 25.4 Å². The number of hydrogen-bond acceptors (Lipinski definition) is 3. The van der Waals surface area contributed by atoms with Crippen LogP contribution in [-0.4, -0.2) is 12.1 Å². The lowest BCUT2D eigenvalue weighted by Gasteiger charge is -2.16. The minimum absolute atomic E-state index is 0.303. The molecule has 2 aromatic rings. The maximum absolute atomic E-state index is 13.9. The van der Waals surface area contributed by atoms with Gasteiger partial charge >= 0.3 is 0 Å². The predicted octanol–water partition coefficient (Wildman–Crippen LogP) is 3.85. The number of hydrogen-bond donors (Lipinski definition) is 1. The monoisotopic (exact) mass is 352 g/mol. The highest BCUT2D eigenvalue weighted by Gasteiger charge is 2.17. The molecule has 0 saturated carbocycles.